The quantitative estimate of drug-likeness (QED) is 0.869. The minimum absolute atomic E-state index is 0.0653. The predicted molar refractivity (Wildman–Crippen MR) is 85.8 cm³/mol. The van der Waals surface area contributed by atoms with Crippen molar-refractivity contribution >= 4 is 17.5 Å². The summed E-state index contributed by atoms with van der Waals surface area (Å²) in [5.41, 5.74) is 1.87. The van der Waals surface area contributed by atoms with Gasteiger partial charge < -0.3 is 4.90 Å². The molecule has 0 radical (unpaired) electrons. The number of hydrogen-bond acceptors (Lipinski definition) is 3. The number of halogens is 1. The van der Waals surface area contributed by atoms with Gasteiger partial charge in [-0.1, -0.05) is 23.7 Å². The number of hydrogen-bond donors (Lipinski definition) is 0. The lowest BCUT2D eigenvalue weighted by Crippen LogP contribution is -2.48. The Morgan fingerprint density at radius 2 is 2.05 bits per heavy atom. The maximum Gasteiger partial charge on any atom is 0.257 e. The van der Waals surface area contributed by atoms with Crippen molar-refractivity contribution in [2.75, 3.05) is 26.2 Å². The minimum Gasteiger partial charge on any atom is -0.336 e. The van der Waals surface area contributed by atoms with Crippen molar-refractivity contribution in [3.05, 3.63) is 52.8 Å². The average molecular weight is 319 g/mol. The Bertz CT molecular complexity index is 662. The van der Waals surface area contributed by atoms with Crippen LogP contribution in [-0.4, -0.2) is 51.7 Å². The molecule has 6 heteroatoms. The molecule has 1 aromatic carbocycles. The van der Waals surface area contributed by atoms with Crippen molar-refractivity contribution in [2.24, 2.45) is 7.05 Å². The number of carbonyl (C=O) groups is 1. The van der Waals surface area contributed by atoms with Crippen molar-refractivity contribution in [3.63, 3.8) is 0 Å². The lowest BCUT2D eigenvalue weighted by Gasteiger charge is -2.34. The van der Waals surface area contributed by atoms with Gasteiger partial charge in [0.2, 0.25) is 0 Å². The van der Waals surface area contributed by atoms with Crippen molar-refractivity contribution < 1.29 is 4.79 Å². The van der Waals surface area contributed by atoms with E-state index < -0.39 is 0 Å². The maximum atomic E-state index is 12.4. The van der Waals surface area contributed by atoms with Gasteiger partial charge >= 0.3 is 0 Å². The number of aromatic nitrogens is 2. The predicted octanol–water partition coefficient (Wildman–Crippen LogP) is 2.03. The highest BCUT2D eigenvalue weighted by Gasteiger charge is 2.22. The summed E-state index contributed by atoms with van der Waals surface area (Å²) in [7, 11) is 1.82. The monoisotopic (exact) mass is 318 g/mol. The van der Waals surface area contributed by atoms with E-state index >= 15 is 0 Å². The van der Waals surface area contributed by atoms with Gasteiger partial charge in [-0.15, -0.1) is 0 Å². The highest BCUT2D eigenvalue weighted by molar-refractivity contribution is 6.30. The first-order chi connectivity index (χ1) is 10.6. The second-order valence-corrected chi connectivity index (χ2v) is 6.04. The number of amides is 1. The fourth-order valence-corrected chi connectivity index (χ4v) is 2.93. The Kier molecular flexibility index (Phi) is 4.45. The molecule has 1 saturated heterocycles. The van der Waals surface area contributed by atoms with Crippen LogP contribution >= 0.6 is 11.6 Å². The highest BCUT2D eigenvalue weighted by atomic mass is 35.5. The first kappa shape index (κ1) is 15.1. The van der Waals surface area contributed by atoms with Crippen molar-refractivity contribution in [3.8, 4) is 0 Å². The van der Waals surface area contributed by atoms with Crippen molar-refractivity contribution in [1.82, 2.24) is 19.6 Å². The molecule has 0 aliphatic carbocycles. The van der Waals surface area contributed by atoms with Gasteiger partial charge in [0.05, 0.1) is 11.8 Å². The largest absolute Gasteiger partial charge is 0.336 e. The van der Waals surface area contributed by atoms with Gasteiger partial charge in [0.1, 0.15) is 0 Å². The van der Waals surface area contributed by atoms with Gasteiger partial charge in [-0.05, 0) is 17.7 Å². The van der Waals surface area contributed by atoms with Gasteiger partial charge in [0.15, 0.2) is 0 Å². The van der Waals surface area contributed by atoms with E-state index in [1.807, 2.05) is 30.1 Å². The molecule has 0 bridgehead atoms. The highest BCUT2D eigenvalue weighted by Crippen LogP contribution is 2.14. The Labute approximate surface area is 135 Å². The zero-order valence-electron chi connectivity index (χ0n) is 12.6. The van der Waals surface area contributed by atoms with E-state index in [0.29, 0.717) is 5.56 Å². The van der Waals surface area contributed by atoms with Crippen LogP contribution < -0.4 is 0 Å². The Morgan fingerprint density at radius 3 is 2.68 bits per heavy atom. The normalized spacial score (nSPS) is 16.0. The Hall–Kier alpha value is -1.85. The minimum atomic E-state index is 0.0653. The van der Waals surface area contributed by atoms with Crippen molar-refractivity contribution in [2.45, 2.75) is 6.54 Å². The van der Waals surface area contributed by atoms with Gasteiger partial charge in [0.25, 0.3) is 5.91 Å². The van der Waals surface area contributed by atoms with Crippen LogP contribution in [0.2, 0.25) is 5.02 Å². The second kappa shape index (κ2) is 6.50. The van der Waals surface area contributed by atoms with Crippen LogP contribution in [0.4, 0.5) is 0 Å². The summed E-state index contributed by atoms with van der Waals surface area (Å²) >= 11 is 6.02. The van der Waals surface area contributed by atoms with Gasteiger partial charge in [-0.3, -0.25) is 14.4 Å². The van der Waals surface area contributed by atoms with Crippen molar-refractivity contribution in [1.29, 1.82) is 0 Å². The standard InChI is InChI=1S/C16H19ClN4O/c1-19-12-14(10-18-19)16(22)21-7-5-20(6-8-21)11-13-3-2-4-15(17)9-13/h2-4,9-10,12H,5-8,11H2,1H3. The lowest BCUT2D eigenvalue weighted by molar-refractivity contribution is 0.0628. The average Bonchev–Trinajstić information content (AvgIpc) is 2.94. The lowest BCUT2D eigenvalue weighted by atomic mass is 10.2. The molecule has 0 unspecified atom stereocenters. The third-order valence-electron chi connectivity index (χ3n) is 3.91. The summed E-state index contributed by atoms with van der Waals surface area (Å²) in [6.07, 6.45) is 3.39. The molecule has 22 heavy (non-hydrogen) atoms. The molecule has 116 valence electrons. The molecule has 2 aromatic rings. The van der Waals surface area contributed by atoms with E-state index in [-0.39, 0.29) is 5.91 Å². The molecule has 2 heterocycles. The molecular weight excluding hydrogens is 300 g/mol. The van der Waals surface area contributed by atoms with Crippen LogP contribution in [0.15, 0.2) is 36.7 Å². The molecule has 1 amide bonds. The molecule has 5 nitrogen and oxygen atoms in total. The number of nitrogens with zero attached hydrogens (tertiary/aromatic N) is 4. The Morgan fingerprint density at radius 1 is 1.27 bits per heavy atom. The van der Waals surface area contributed by atoms with Crippen LogP contribution in [0.1, 0.15) is 15.9 Å². The number of rotatable bonds is 3. The molecule has 1 aliphatic heterocycles. The summed E-state index contributed by atoms with van der Waals surface area (Å²) in [5, 5.41) is 4.82. The van der Waals surface area contributed by atoms with E-state index in [4.69, 9.17) is 11.6 Å². The number of aryl methyl sites for hydroxylation is 1. The number of carbonyl (C=O) groups excluding carboxylic acids is 1. The number of benzene rings is 1. The topological polar surface area (TPSA) is 41.4 Å². The molecule has 1 aromatic heterocycles. The van der Waals surface area contributed by atoms with Crippen LogP contribution in [0, 0.1) is 0 Å². The summed E-state index contributed by atoms with van der Waals surface area (Å²) in [6.45, 7) is 4.11. The Balaban J connectivity index is 1.55. The van der Waals surface area contributed by atoms with Gasteiger partial charge in [0, 0.05) is 51.0 Å². The zero-order chi connectivity index (χ0) is 15.5. The summed E-state index contributed by atoms with van der Waals surface area (Å²) in [6, 6.07) is 7.93. The molecule has 0 atom stereocenters. The summed E-state index contributed by atoms with van der Waals surface area (Å²) in [5.74, 6) is 0.0653. The molecule has 3 rings (SSSR count). The van der Waals surface area contributed by atoms with Crippen LogP contribution in [0.5, 0.6) is 0 Å². The third kappa shape index (κ3) is 3.48. The molecular formula is C16H19ClN4O. The first-order valence-corrected chi connectivity index (χ1v) is 7.74. The summed E-state index contributed by atoms with van der Waals surface area (Å²) < 4.78 is 1.66. The maximum absolute atomic E-state index is 12.4. The zero-order valence-corrected chi connectivity index (χ0v) is 13.3. The third-order valence-corrected chi connectivity index (χ3v) is 4.14. The van der Waals surface area contributed by atoms with Crippen LogP contribution in [0.25, 0.3) is 0 Å². The molecule has 1 aliphatic rings. The molecule has 1 fully saturated rings. The second-order valence-electron chi connectivity index (χ2n) is 5.60. The van der Waals surface area contributed by atoms with E-state index in [2.05, 4.69) is 16.1 Å². The summed E-state index contributed by atoms with van der Waals surface area (Å²) in [4.78, 5) is 16.6. The fourth-order valence-electron chi connectivity index (χ4n) is 2.72. The van der Waals surface area contributed by atoms with Crippen LogP contribution in [0.3, 0.4) is 0 Å². The molecule has 0 spiro atoms. The van der Waals surface area contributed by atoms with E-state index in [1.54, 1.807) is 17.1 Å². The SMILES string of the molecule is Cn1cc(C(=O)N2CCN(Cc3cccc(Cl)c3)CC2)cn1. The van der Waals surface area contributed by atoms with Crippen LogP contribution in [-0.2, 0) is 13.6 Å². The molecule has 0 N–H and O–H groups in total. The molecule has 0 saturated carbocycles. The number of piperazine rings is 1. The van der Waals surface area contributed by atoms with E-state index in [0.717, 1.165) is 37.7 Å². The fraction of sp³-hybridized carbons (Fsp3) is 0.375. The van der Waals surface area contributed by atoms with Gasteiger partial charge in [-0.2, -0.15) is 5.10 Å². The van der Waals surface area contributed by atoms with E-state index in [9.17, 15) is 4.79 Å². The smallest absolute Gasteiger partial charge is 0.257 e. The van der Waals surface area contributed by atoms with Gasteiger partial charge in [-0.25, -0.2) is 0 Å². The van der Waals surface area contributed by atoms with E-state index in [1.165, 1.54) is 5.56 Å². The first-order valence-electron chi connectivity index (χ1n) is 7.36.